The van der Waals surface area contributed by atoms with Crippen LogP contribution in [0, 0.1) is 10.8 Å². The molecule has 18 nitrogen and oxygen atoms in total. The Morgan fingerprint density at radius 1 is 0.398 bits per heavy atom. The van der Waals surface area contributed by atoms with Gasteiger partial charge in [-0.15, -0.1) is 68.0 Å². The van der Waals surface area contributed by atoms with Crippen molar-refractivity contribution in [2.24, 2.45) is 22.2 Å². The van der Waals surface area contributed by atoms with E-state index in [2.05, 4.69) is 53.8 Å². The maximum atomic E-state index is 12.7. The molecule has 0 aliphatic heterocycles. The highest BCUT2D eigenvalue weighted by atomic mass is 79.9. The number of rotatable bonds is 29. The molecular weight excluding hydrogens is 1710 g/mol. The number of nitrogens with zero attached hydrogens (tertiary/aromatic N) is 1. The predicted octanol–water partition coefficient (Wildman–Crippen LogP) is 21.7. The summed E-state index contributed by atoms with van der Waals surface area (Å²) in [6, 6.07) is 53.8. The number of aromatic hydroxyl groups is 3. The number of nitrogens with one attached hydrogen (secondary N) is 2. The number of amides is 3. The summed E-state index contributed by atoms with van der Waals surface area (Å²) in [7, 11) is 0. The van der Waals surface area contributed by atoms with Gasteiger partial charge in [-0.3, -0.25) is 48.1 Å². The third-order valence-electron chi connectivity index (χ3n) is 18.0. The number of aryl methyl sites for hydroxylation is 3. The summed E-state index contributed by atoms with van der Waals surface area (Å²) in [6.45, 7) is 14.6. The van der Waals surface area contributed by atoms with Gasteiger partial charge in [0.15, 0.2) is 34.7 Å². The minimum absolute atomic E-state index is 0.0194. The first-order valence-corrected chi connectivity index (χ1v) is 43.5. The minimum atomic E-state index is -0.382. The Morgan fingerprint density at radius 3 is 1.03 bits per heavy atom. The van der Waals surface area contributed by atoms with Crippen LogP contribution >= 0.6 is 107 Å². The average Bonchev–Trinajstić information content (AvgIpc) is 1.66. The molecule has 0 fully saturated rings. The Bertz CT molecular complexity index is 5550. The molecule has 6 aromatic heterocycles. The fraction of sp³-hybridized carbons (Fsp3) is 0.209. The van der Waals surface area contributed by atoms with Gasteiger partial charge in [0.1, 0.15) is 23.8 Å². The minimum Gasteiger partial charge on any atom is -0.506 e. The van der Waals surface area contributed by atoms with Gasteiger partial charge in [-0.2, -0.15) is 0 Å². The topological polar surface area (TPSA) is 352 Å². The first-order valence-electron chi connectivity index (χ1n) is 36.8. The number of aliphatic imine (C=N–C) groups is 1. The number of carbonyl (C=O) groups is 9. The van der Waals surface area contributed by atoms with Gasteiger partial charge in [-0.05, 0) is 176 Å². The van der Waals surface area contributed by atoms with Gasteiger partial charge >= 0.3 is 0 Å². The second kappa shape index (κ2) is 43.7. The second-order valence-electron chi connectivity index (χ2n) is 28.3. The lowest BCUT2D eigenvalue weighted by Gasteiger charge is -2.19. The van der Waals surface area contributed by atoms with Crippen LogP contribution in [0.3, 0.4) is 0 Å². The summed E-state index contributed by atoms with van der Waals surface area (Å²) in [5, 5.41) is 52.4. The largest absolute Gasteiger partial charge is 0.506 e. The molecule has 0 radical (unpaired) electrons. The summed E-state index contributed by atoms with van der Waals surface area (Å²) in [5.41, 5.74) is 28.3. The van der Waals surface area contributed by atoms with Crippen LogP contribution in [0.15, 0.2) is 202 Å². The summed E-state index contributed by atoms with van der Waals surface area (Å²) < 4.78 is 0.959. The highest BCUT2D eigenvalue weighted by molar-refractivity contribution is 9.10. The second-order valence-corrected chi connectivity index (χ2v) is 35.9. The van der Waals surface area contributed by atoms with Crippen LogP contribution in [0.25, 0.3) is 31.3 Å². The predicted molar refractivity (Wildman–Crippen MR) is 486 cm³/mol. The molecule has 0 bridgehead atoms. The van der Waals surface area contributed by atoms with Crippen LogP contribution in [0.5, 0.6) is 17.2 Å². The van der Waals surface area contributed by atoms with Crippen molar-refractivity contribution in [2.75, 3.05) is 6.54 Å². The zero-order valence-corrected chi connectivity index (χ0v) is 73.8. The number of ketones is 6. The standard InChI is InChI=1S/C29H25BrN2O4S2.2C17H17NO3S.C16H19NOS.C12H9Cl2NOS/c1-17(22-16-37-29(28(22)36)20-7-9-21(30)10-8-20)32-15-24(34)26-13-12-25(38-26)23(33)11-6-18-2-4-19(5-3-18)14-27(31)35;2*1-11(19)15-8-9-16(22-15)14(20)7-6-12-2-4-13(5-3-12)10-17(18)21;1-10(17)13-9-19-15(14(13)18)11-5-7-12(8-6-11)16(2,3)4;1-6(15)8-5-17-12(11(8)16)7-2-3-9(13)10(14)4-7/h2-5,7-10,12-13,16,36H,6,11,14-15H2,1H3,(H2,31,35);2*2-5,8-9H,6-7,10H2,1H3,(H2,18,21);5-9,17-18H,1-4H3;2-5,15-16H,1H3. The van der Waals surface area contributed by atoms with Gasteiger partial charge < -0.3 is 43.3 Å². The van der Waals surface area contributed by atoms with Crippen LogP contribution in [0.2, 0.25) is 10.0 Å². The van der Waals surface area contributed by atoms with Gasteiger partial charge in [0.2, 0.25) is 17.7 Å². The van der Waals surface area contributed by atoms with E-state index in [0.717, 1.165) is 64.3 Å². The molecule has 27 heteroatoms. The van der Waals surface area contributed by atoms with E-state index in [1.54, 1.807) is 80.7 Å². The third-order valence-corrected chi connectivity index (χ3v) is 25.9. The Kier molecular flexibility index (Phi) is 34.5. The first-order chi connectivity index (χ1) is 55.9. The van der Waals surface area contributed by atoms with E-state index in [-0.39, 0.29) is 101 Å². The monoisotopic (exact) mass is 1800 g/mol. The normalized spacial score (nSPS) is 11.0. The smallest absolute Gasteiger partial charge is 0.221 e. The molecule has 0 unspecified atom stereocenters. The molecule has 11 N–H and O–H groups in total. The van der Waals surface area contributed by atoms with E-state index in [4.69, 9.17) is 51.2 Å². The van der Waals surface area contributed by atoms with Crippen LogP contribution in [0.1, 0.15) is 188 Å². The number of thiophene rings is 6. The number of benzene rings is 6. The molecule has 0 spiro atoms. The van der Waals surface area contributed by atoms with Gasteiger partial charge in [0, 0.05) is 73.7 Å². The van der Waals surface area contributed by atoms with Crippen molar-refractivity contribution >= 4 is 177 Å². The van der Waals surface area contributed by atoms with Crippen LogP contribution in [-0.4, -0.2) is 91.4 Å². The molecule has 12 rings (SSSR count). The first kappa shape index (κ1) is 92.9. The Labute approximate surface area is 727 Å². The number of halogens is 3. The van der Waals surface area contributed by atoms with Gasteiger partial charge in [0.05, 0.1) is 73.2 Å². The van der Waals surface area contributed by atoms with Crippen molar-refractivity contribution in [1.82, 2.24) is 0 Å². The number of carbonyl (C=O) groups excluding carboxylic acids is 9. The third kappa shape index (κ3) is 27.5. The molecular formula is C91H87BrCl2N6O12S6. The molecule has 3 amide bonds. The molecule has 0 aliphatic carbocycles. The zero-order valence-electron chi connectivity index (χ0n) is 65.8. The van der Waals surface area contributed by atoms with Crippen LogP contribution in [-0.2, 0) is 58.3 Å². The van der Waals surface area contributed by atoms with Gasteiger partial charge in [-0.25, -0.2) is 0 Å². The van der Waals surface area contributed by atoms with E-state index < -0.39 is 0 Å². The SMILES string of the molecule is CC(=N)c1csc(-c2ccc(C(C)(C)C)cc2)c1O.CC(=N)c1csc(-c2ccc(Cl)c(Cl)c2)c1O.CC(=NCC(=O)c1ccc(C(=O)CCc2ccc(CC(N)=O)cc2)s1)c1csc(-c2ccc(Br)cc2)c1O.CC(=O)c1ccc(C(=O)CCc2ccc(CC(N)=O)cc2)s1.CC(=O)c1ccc(C(=O)CCc2ccc(CC(N)=O)cc2)s1. The lowest BCUT2D eigenvalue weighted by molar-refractivity contribution is -0.118. The number of primary amides is 3. The number of nitrogens with two attached hydrogens (primary N) is 3. The highest BCUT2D eigenvalue weighted by Crippen LogP contribution is 2.43. The maximum absolute atomic E-state index is 12.7. The van der Waals surface area contributed by atoms with Gasteiger partial charge in [0.25, 0.3) is 0 Å². The Hall–Kier alpha value is -10.6. The molecule has 610 valence electrons. The zero-order chi connectivity index (χ0) is 86.2. The summed E-state index contributed by atoms with van der Waals surface area (Å²) >= 11 is 23.1. The van der Waals surface area contributed by atoms with Crippen molar-refractivity contribution < 1.29 is 58.5 Å². The number of Topliss-reactive ketones (excluding diaryl/α,β-unsaturated/α-hetero) is 6. The average molecular weight is 1800 g/mol. The van der Waals surface area contributed by atoms with E-state index >= 15 is 0 Å². The fourth-order valence-electron chi connectivity index (χ4n) is 11.4. The molecule has 6 heterocycles. The van der Waals surface area contributed by atoms with E-state index in [1.165, 1.54) is 87.4 Å². The van der Waals surface area contributed by atoms with Crippen LogP contribution < -0.4 is 17.2 Å². The van der Waals surface area contributed by atoms with E-state index in [0.29, 0.717) is 117 Å². The molecule has 0 aliphatic rings. The van der Waals surface area contributed by atoms with Crippen molar-refractivity contribution in [2.45, 2.75) is 119 Å². The molecule has 0 saturated heterocycles. The van der Waals surface area contributed by atoms with Gasteiger partial charge in [-0.1, -0.05) is 175 Å². The lowest BCUT2D eigenvalue weighted by atomic mass is 9.86. The maximum Gasteiger partial charge on any atom is 0.221 e. The van der Waals surface area contributed by atoms with Crippen LogP contribution in [0.4, 0.5) is 0 Å². The summed E-state index contributed by atoms with van der Waals surface area (Å²) in [6.07, 6.45) is 3.57. The highest BCUT2D eigenvalue weighted by Gasteiger charge is 2.22. The Balaban J connectivity index is 0.000000191. The molecule has 118 heavy (non-hydrogen) atoms. The van der Waals surface area contributed by atoms with Crippen molar-refractivity contribution in [3.05, 3.63) is 291 Å². The number of hydrogen-bond donors (Lipinski definition) is 8. The van der Waals surface area contributed by atoms with E-state index in [1.807, 2.05) is 120 Å². The van der Waals surface area contributed by atoms with Crippen molar-refractivity contribution in [3.8, 4) is 48.6 Å². The summed E-state index contributed by atoms with van der Waals surface area (Å²) in [5.74, 6) is -0.768. The number of hydrogen-bond acceptors (Lipinski definition) is 21. The van der Waals surface area contributed by atoms with Crippen molar-refractivity contribution in [3.63, 3.8) is 0 Å². The molecule has 12 aromatic rings. The fourth-order valence-corrected chi connectivity index (χ4v) is 17.6. The molecule has 0 saturated carbocycles. The molecule has 0 atom stereocenters. The quantitative estimate of drug-likeness (QED) is 0.0160. The summed E-state index contributed by atoms with van der Waals surface area (Å²) in [4.78, 5) is 115. The van der Waals surface area contributed by atoms with E-state index in [9.17, 15) is 58.5 Å². The lowest BCUT2D eigenvalue weighted by Crippen LogP contribution is -2.13. The molecule has 6 aromatic carbocycles. The Morgan fingerprint density at radius 2 is 0.703 bits per heavy atom. The van der Waals surface area contributed by atoms with Crippen molar-refractivity contribution in [1.29, 1.82) is 10.8 Å².